The van der Waals surface area contributed by atoms with E-state index in [1.807, 2.05) is 31.2 Å². The van der Waals surface area contributed by atoms with Crippen LogP contribution in [0.4, 0.5) is 0 Å². The van der Waals surface area contributed by atoms with Crippen molar-refractivity contribution >= 4 is 11.8 Å². The van der Waals surface area contributed by atoms with Gasteiger partial charge in [-0.25, -0.2) is 0 Å². The van der Waals surface area contributed by atoms with E-state index in [0.29, 0.717) is 31.2 Å². The predicted octanol–water partition coefficient (Wildman–Crippen LogP) is 3.52. The molecule has 1 aromatic carbocycles. The van der Waals surface area contributed by atoms with Crippen LogP contribution in [0, 0.1) is 11.8 Å². The lowest BCUT2D eigenvalue weighted by molar-refractivity contribution is -0.142. The van der Waals surface area contributed by atoms with Crippen LogP contribution in [-0.2, 0) is 16.1 Å². The number of methoxy groups -OCH3 is 1. The molecule has 0 spiro atoms. The summed E-state index contributed by atoms with van der Waals surface area (Å²) in [5, 5.41) is 3.28. The third-order valence-corrected chi connectivity index (χ3v) is 6.76. The monoisotopic (exact) mass is 372 g/mol. The highest BCUT2D eigenvalue weighted by Gasteiger charge is 2.48. The first-order chi connectivity index (χ1) is 12.9. The van der Waals surface area contributed by atoms with E-state index >= 15 is 0 Å². The fourth-order valence-corrected chi connectivity index (χ4v) is 4.51. The molecule has 2 aliphatic rings. The zero-order valence-corrected chi connectivity index (χ0v) is 17.0. The Kier molecular flexibility index (Phi) is 5.78. The highest BCUT2D eigenvalue weighted by molar-refractivity contribution is 5.94. The molecule has 0 radical (unpaired) electrons. The van der Waals surface area contributed by atoms with Crippen LogP contribution in [0.2, 0.25) is 0 Å². The van der Waals surface area contributed by atoms with Crippen LogP contribution >= 0.6 is 0 Å². The van der Waals surface area contributed by atoms with Gasteiger partial charge in [-0.05, 0) is 37.7 Å². The average Bonchev–Trinajstić information content (AvgIpc) is 2.95. The van der Waals surface area contributed by atoms with E-state index in [-0.39, 0.29) is 17.9 Å². The molecule has 1 N–H and O–H groups in total. The van der Waals surface area contributed by atoms with Crippen molar-refractivity contribution in [3.63, 3.8) is 0 Å². The number of rotatable bonds is 5. The molecule has 2 fully saturated rings. The largest absolute Gasteiger partial charge is 0.496 e. The SMILES string of the molecule is COc1ccccc1CN1C(=O)CCC1(C)C(=O)NC1CCCC(C)C1C. The van der Waals surface area contributed by atoms with Gasteiger partial charge >= 0.3 is 0 Å². The number of hydrogen-bond donors (Lipinski definition) is 1. The summed E-state index contributed by atoms with van der Waals surface area (Å²) in [6, 6.07) is 7.88. The van der Waals surface area contributed by atoms with Crippen LogP contribution in [0.15, 0.2) is 24.3 Å². The van der Waals surface area contributed by atoms with E-state index in [2.05, 4.69) is 19.2 Å². The van der Waals surface area contributed by atoms with Crippen molar-refractivity contribution in [2.45, 2.75) is 71.0 Å². The Morgan fingerprint density at radius 3 is 2.78 bits per heavy atom. The Balaban J connectivity index is 1.77. The van der Waals surface area contributed by atoms with Gasteiger partial charge in [0.05, 0.1) is 13.7 Å². The van der Waals surface area contributed by atoms with E-state index in [0.717, 1.165) is 24.2 Å². The molecule has 5 heteroatoms. The fourth-order valence-electron chi connectivity index (χ4n) is 4.51. The maximum Gasteiger partial charge on any atom is 0.245 e. The molecule has 2 amide bonds. The van der Waals surface area contributed by atoms with E-state index < -0.39 is 5.54 Å². The van der Waals surface area contributed by atoms with Gasteiger partial charge in [-0.3, -0.25) is 9.59 Å². The molecule has 1 aromatic rings. The molecule has 0 bridgehead atoms. The molecule has 1 saturated heterocycles. The molecule has 3 rings (SSSR count). The van der Waals surface area contributed by atoms with Crippen LogP contribution in [-0.4, -0.2) is 35.4 Å². The Bertz CT molecular complexity index is 705. The molecule has 1 saturated carbocycles. The first-order valence-corrected chi connectivity index (χ1v) is 10.1. The highest BCUT2D eigenvalue weighted by atomic mass is 16.5. The lowest BCUT2D eigenvalue weighted by Gasteiger charge is -2.39. The highest BCUT2D eigenvalue weighted by Crippen LogP contribution is 2.35. The van der Waals surface area contributed by atoms with Gasteiger partial charge in [-0.15, -0.1) is 0 Å². The quantitative estimate of drug-likeness (QED) is 0.860. The minimum atomic E-state index is -0.807. The Morgan fingerprint density at radius 2 is 2.04 bits per heavy atom. The minimum Gasteiger partial charge on any atom is -0.496 e. The van der Waals surface area contributed by atoms with E-state index in [4.69, 9.17) is 4.74 Å². The summed E-state index contributed by atoms with van der Waals surface area (Å²) in [5.74, 6) is 1.84. The number of nitrogens with one attached hydrogen (secondary N) is 1. The minimum absolute atomic E-state index is 0.0193. The smallest absolute Gasteiger partial charge is 0.245 e. The normalized spacial score (nSPS) is 31.0. The number of likely N-dealkylation sites (tertiary alicyclic amines) is 1. The average molecular weight is 373 g/mol. The number of para-hydroxylation sites is 1. The van der Waals surface area contributed by atoms with Crippen molar-refractivity contribution in [2.24, 2.45) is 11.8 Å². The second-order valence-electron chi connectivity index (χ2n) is 8.41. The van der Waals surface area contributed by atoms with Crippen molar-refractivity contribution in [1.29, 1.82) is 0 Å². The standard InChI is InChI=1S/C22H32N2O3/c1-15-8-7-10-18(16(15)2)23-21(26)22(3)13-12-20(25)24(22)14-17-9-5-6-11-19(17)27-4/h5-6,9,11,15-16,18H,7-8,10,12-14H2,1-4H3,(H,23,26). The molecular formula is C22H32N2O3. The van der Waals surface area contributed by atoms with E-state index in [1.54, 1.807) is 12.0 Å². The molecule has 1 aliphatic heterocycles. The van der Waals surface area contributed by atoms with Gasteiger partial charge in [0.15, 0.2) is 0 Å². The van der Waals surface area contributed by atoms with Crippen LogP contribution in [0.25, 0.3) is 0 Å². The number of nitrogens with zero attached hydrogens (tertiary/aromatic N) is 1. The summed E-state index contributed by atoms with van der Waals surface area (Å²) >= 11 is 0. The lowest BCUT2D eigenvalue weighted by Crippen LogP contribution is -2.57. The lowest BCUT2D eigenvalue weighted by atomic mass is 9.77. The first-order valence-electron chi connectivity index (χ1n) is 10.1. The molecule has 5 nitrogen and oxygen atoms in total. The Morgan fingerprint density at radius 1 is 1.30 bits per heavy atom. The van der Waals surface area contributed by atoms with Gasteiger partial charge in [0, 0.05) is 18.0 Å². The summed E-state index contributed by atoms with van der Waals surface area (Å²) in [5.41, 5.74) is 0.118. The van der Waals surface area contributed by atoms with Gasteiger partial charge < -0.3 is 15.0 Å². The van der Waals surface area contributed by atoms with Gasteiger partial charge in [-0.2, -0.15) is 0 Å². The Hall–Kier alpha value is -2.04. The first kappa shape index (κ1) is 19.7. The van der Waals surface area contributed by atoms with Crippen molar-refractivity contribution < 1.29 is 14.3 Å². The van der Waals surface area contributed by atoms with Crippen molar-refractivity contribution in [3.05, 3.63) is 29.8 Å². The fraction of sp³-hybridized carbons (Fsp3) is 0.636. The summed E-state index contributed by atoms with van der Waals surface area (Å²) < 4.78 is 5.43. The number of amides is 2. The van der Waals surface area contributed by atoms with Crippen LogP contribution in [0.5, 0.6) is 5.75 Å². The van der Waals surface area contributed by atoms with Gasteiger partial charge in [-0.1, -0.05) is 44.9 Å². The molecule has 27 heavy (non-hydrogen) atoms. The number of benzene rings is 1. The van der Waals surface area contributed by atoms with E-state index in [9.17, 15) is 9.59 Å². The molecular weight excluding hydrogens is 340 g/mol. The van der Waals surface area contributed by atoms with Crippen molar-refractivity contribution in [1.82, 2.24) is 10.2 Å². The van der Waals surface area contributed by atoms with E-state index in [1.165, 1.54) is 6.42 Å². The molecule has 0 aromatic heterocycles. The molecule has 1 aliphatic carbocycles. The second-order valence-corrected chi connectivity index (χ2v) is 8.41. The zero-order valence-electron chi connectivity index (χ0n) is 17.0. The summed E-state index contributed by atoms with van der Waals surface area (Å²) in [4.78, 5) is 27.6. The van der Waals surface area contributed by atoms with Gasteiger partial charge in [0.2, 0.25) is 11.8 Å². The number of carbonyl (C=O) groups excluding carboxylic acids is 2. The third kappa shape index (κ3) is 3.83. The maximum absolute atomic E-state index is 13.3. The second kappa shape index (κ2) is 7.91. The van der Waals surface area contributed by atoms with Crippen LogP contribution in [0.1, 0.15) is 58.4 Å². The molecule has 4 unspecified atom stereocenters. The molecule has 148 valence electrons. The van der Waals surface area contributed by atoms with Crippen molar-refractivity contribution in [3.8, 4) is 5.75 Å². The number of ether oxygens (including phenoxy) is 1. The van der Waals surface area contributed by atoms with Crippen LogP contribution < -0.4 is 10.1 Å². The van der Waals surface area contributed by atoms with Crippen molar-refractivity contribution in [2.75, 3.05) is 7.11 Å². The summed E-state index contributed by atoms with van der Waals surface area (Å²) in [6.07, 6.45) is 4.37. The summed E-state index contributed by atoms with van der Waals surface area (Å²) in [6.45, 7) is 6.78. The van der Waals surface area contributed by atoms with Gasteiger partial charge in [0.1, 0.15) is 11.3 Å². The van der Waals surface area contributed by atoms with Crippen LogP contribution in [0.3, 0.4) is 0 Å². The number of hydrogen-bond acceptors (Lipinski definition) is 3. The molecule has 4 atom stereocenters. The molecule has 1 heterocycles. The Labute approximate surface area is 162 Å². The third-order valence-electron chi connectivity index (χ3n) is 6.76. The zero-order chi connectivity index (χ0) is 19.6. The maximum atomic E-state index is 13.3. The predicted molar refractivity (Wildman–Crippen MR) is 105 cm³/mol. The summed E-state index contributed by atoms with van der Waals surface area (Å²) in [7, 11) is 1.63. The topological polar surface area (TPSA) is 58.6 Å². The van der Waals surface area contributed by atoms with Gasteiger partial charge in [0.25, 0.3) is 0 Å². The number of carbonyl (C=O) groups is 2.